The molecule has 1 aliphatic rings. The van der Waals surface area contributed by atoms with E-state index >= 15 is 0 Å². The van der Waals surface area contributed by atoms with Crippen LogP contribution in [0.3, 0.4) is 0 Å². The Hall–Kier alpha value is -3.02. The monoisotopic (exact) mass is 382 g/mol. The van der Waals surface area contributed by atoms with E-state index in [2.05, 4.69) is 23.0 Å². The second kappa shape index (κ2) is 8.78. The van der Waals surface area contributed by atoms with Crippen molar-refractivity contribution in [2.45, 2.75) is 45.6 Å². The Morgan fingerprint density at radius 1 is 1.00 bits per heavy atom. The topological polar surface area (TPSA) is 76.7 Å². The number of rotatable bonds is 6. The van der Waals surface area contributed by atoms with Crippen LogP contribution in [0.4, 0.5) is 0 Å². The molecule has 0 spiro atoms. The molecule has 1 aliphatic carbocycles. The second-order valence-corrected chi connectivity index (χ2v) is 7.17. The summed E-state index contributed by atoms with van der Waals surface area (Å²) in [5.74, 6) is 0.343. The minimum absolute atomic E-state index is 0.00733. The van der Waals surface area contributed by atoms with E-state index in [1.807, 2.05) is 19.9 Å². The summed E-state index contributed by atoms with van der Waals surface area (Å²) in [6.45, 7) is 3.83. The molecule has 2 aromatic rings. The molecule has 0 bridgehead atoms. The van der Waals surface area contributed by atoms with Gasteiger partial charge < -0.3 is 9.47 Å². The molecule has 2 N–H and O–H groups in total. The quantitative estimate of drug-likeness (QED) is 0.753. The highest BCUT2D eigenvalue weighted by molar-refractivity contribution is 5.96. The first kappa shape index (κ1) is 19.7. The van der Waals surface area contributed by atoms with E-state index in [0.29, 0.717) is 17.1 Å². The predicted octanol–water partition coefficient (Wildman–Crippen LogP) is 2.97. The minimum Gasteiger partial charge on any atom is -0.493 e. The number of ether oxygens (including phenoxy) is 2. The number of hydrogen-bond acceptors (Lipinski definition) is 4. The van der Waals surface area contributed by atoms with Crippen molar-refractivity contribution in [3.63, 3.8) is 0 Å². The highest BCUT2D eigenvalue weighted by Crippen LogP contribution is 2.29. The molecule has 2 aromatic carbocycles. The van der Waals surface area contributed by atoms with E-state index in [4.69, 9.17) is 9.47 Å². The zero-order chi connectivity index (χ0) is 20.1. The maximum absolute atomic E-state index is 12.3. The van der Waals surface area contributed by atoms with Crippen LogP contribution in [0.1, 0.15) is 47.3 Å². The van der Waals surface area contributed by atoms with Crippen molar-refractivity contribution in [1.29, 1.82) is 0 Å². The maximum atomic E-state index is 12.3. The Morgan fingerprint density at radius 2 is 1.79 bits per heavy atom. The van der Waals surface area contributed by atoms with Crippen LogP contribution in [0.5, 0.6) is 11.5 Å². The van der Waals surface area contributed by atoms with Crippen LogP contribution >= 0.6 is 0 Å². The Labute approximate surface area is 165 Å². The molecule has 0 radical (unpaired) electrons. The normalized spacial score (nSPS) is 12.4. The van der Waals surface area contributed by atoms with Gasteiger partial charge in [0.05, 0.1) is 19.6 Å². The lowest BCUT2D eigenvalue weighted by Crippen LogP contribution is -2.42. The summed E-state index contributed by atoms with van der Waals surface area (Å²) in [5, 5.41) is 0. The van der Waals surface area contributed by atoms with Gasteiger partial charge in [-0.1, -0.05) is 18.2 Å². The minimum atomic E-state index is -0.420. The first-order valence-electron chi connectivity index (χ1n) is 9.51. The summed E-state index contributed by atoms with van der Waals surface area (Å²) in [7, 11) is 1.52. The molecule has 3 rings (SSSR count). The third-order valence-corrected chi connectivity index (χ3v) is 4.63. The largest absolute Gasteiger partial charge is 0.493 e. The molecule has 6 heteroatoms. The number of nitrogens with one attached hydrogen (secondary N) is 2. The molecular formula is C22H26N2O4. The summed E-state index contributed by atoms with van der Waals surface area (Å²) < 4.78 is 10.9. The molecule has 148 valence electrons. The molecule has 0 aliphatic heterocycles. The zero-order valence-electron chi connectivity index (χ0n) is 16.5. The van der Waals surface area contributed by atoms with Crippen molar-refractivity contribution in [3.8, 4) is 11.5 Å². The Morgan fingerprint density at radius 3 is 2.54 bits per heavy atom. The predicted molar refractivity (Wildman–Crippen MR) is 107 cm³/mol. The van der Waals surface area contributed by atoms with Crippen molar-refractivity contribution in [2.24, 2.45) is 0 Å². The highest BCUT2D eigenvalue weighted by atomic mass is 16.5. The molecule has 0 saturated carbocycles. The van der Waals surface area contributed by atoms with E-state index in [-0.39, 0.29) is 18.4 Å². The SMILES string of the molecule is COc1cc(C(=O)NNC(=O)Cc2ccc3c(c2)CCC3)ccc1OC(C)C. The van der Waals surface area contributed by atoms with Crippen LogP contribution in [-0.4, -0.2) is 25.0 Å². The van der Waals surface area contributed by atoms with Crippen molar-refractivity contribution < 1.29 is 19.1 Å². The number of hydrazine groups is 1. The third kappa shape index (κ3) is 4.82. The summed E-state index contributed by atoms with van der Waals surface area (Å²) in [6.07, 6.45) is 3.57. The highest BCUT2D eigenvalue weighted by Gasteiger charge is 2.14. The van der Waals surface area contributed by atoms with Gasteiger partial charge in [0.2, 0.25) is 5.91 Å². The fraction of sp³-hybridized carbons (Fsp3) is 0.364. The van der Waals surface area contributed by atoms with E-state index in [9.17, 15) is 9.59 Å². The van der Waals surface area contributed by atoms with E-state index in [0.717, 1.165) is 18.4 Å². The lowest BCUT2D eigenvalue weighted by molar-refractivity contribution is -0.121. The van der Waals surface area contributed by atoms with Crippen molar-refractivity contribution in [3.05, 3.63) is 58.7 Å². The number of carbonyl (C=O) groups excluding carboxylic acids is 2. The number of methoxy groups -OCH3 is 1. The maximum Gasteiger partial charge on any atom is 0.269 e. The Balaban J connectivity index is 1.56. The van der Waals surface area contributed by atoms with Gasteiger partial charge in [-0.2, -0.15) is 0 Å². The lowest BCUT2D eigenvalue weighted by Gasteiger charge is -2.14. The smallest absolute Gasteiger partial charge is 0.269 e. The van der Waals surface area contributed by atoms with Crippen molar-refractivity contribution in [2.75, 3.05) is 7.11 Å². The van der Waals surface area contributed by atoms with Crippen molar-refractivity contribution in [1.82, 2.24) is 10.9 Å². The number of aryl methyl sites for hydroxylation is 2. The molecule has 2 amide bonds. The zero-order valence-corrected chi connectivity index (χ0v) is 16.5. The summed E-state index contributed by atoms with van der Waals surface area (Å²) in [6, 6.07) is 11.0. The van der Waals surface area contributed by atoms with Gasteiger partial charge in [-0.25, -0.2) is 0 Å². The van der Waals surface area contributed by atoms with Crippen LogP contribution in [0.2, 0.25) is 0 Å². The van der Waals surface area contributed by atoms with Gasteiger partial charge >= 0.3 is 0 Å². The first-order valence-corrected chi connectivity index (χ1v) is 9.51. The van der Waals surface area contributed by atoms with Gasteiger partial charge in [0.25, 0.3) is 5.91 Å². The van der Waals surface area contributed by atoms with Crippen LogP contribution in [-0.2, 0) is 24.1 Å². The number of fused-ring (bicyclic) bond motifs is 1. The lowest BCUT2D eigenvalue weighted by atomic mass is 10.0. The van der Waals surface area contributed by atoms with Crippen LogP contribution in [0, 0.1) is 0 Å². The average Bonchev–Trinajstić information content (AvgIpc) is 3.13. The molecular weight excluding hydrogens is 356 g/mol. The van der Waals surface area contributed by atoms with E-state index in [1.165, 1.54) is 24.7 Å². The van der Waals surface area contributed by atoms with E-state index < -0.39 is 5.91 Å². The Bertz CT molecular complexity index is 877. The molecule has 6 nitrogen and oxygen atoms in total. The molecule has 0 unspecified atom stereocenters. The molecule has 0 saturated heterocycles. The van der Waals surface area contributed by atoms with Crippen LogP contribution in [0.15, 0.2) is 36.4 Å². The van der Waals surface area contributed by atoms with Gasteiger partial charge in [-0.05, 0) is 68.0 Å². The average molecular weight is 382 g/mol. The van der Waals surface area contributed by atoms with Crippen molar-refractivity contribution >= 4 is 11.8 Å². The standard InChI is InChI=1S/C22H26N2O4/c1-14(2)28-19-10-9-18(13-20(19)27-3)22(26)24-23-21(25)12-15-7-8-16-5-4-6-17(16)11-15/h7-11,13-14H,4-6,12H2,1-3H3,(H,23,25)(H,24,26). The fourth-order valence-corrected chi connectivity index (χ4v) is 3.32. The van der Waals surface area contributed by atoms with Gasteiger partial charge in [0.15, 0.2) is 11.5 Å². The fourth-order valence-electron chi connectivity index (χ4n) is 3.32. The van der Waals surface area contributed by atoms with Gasteiger partial charge in [0, 0.05) is 5.56 Å². The number of hydrogen-bond donors (Lipinski definition) is 2. The van der Waals surface area contributed by atoms with Crippen LogP contribution < -0.4 is 20.3 Å². The van der Waals surface area contributed by atoms with Gasteiger partial charge in [0.1, 0.15) is 0 Å². The molecule has 0 heterocycles. The molecule has 0 atom stereocenters. The number of amides is 2. The Kier molecular flexibility index (Phi) is 6.19. The third-order valence-electron chi connectivity index (χ3n) is 4.63. The van der Waals surface area contributed by atoms with Crippen LogP contribution in [0.25, 0.3) is 0 Å². The van der Waals surface area contributed by atoms with Gasteiger partial charge in [-0.3, -0.25) is 20.4 Å². The summed E-state index contributed by atoms with van der Waals surface area (Å²) in [5.41, 5.74) is 8.93. The summed E-state index contributed by atoms with van der Waals surface area (Å²) >= 11 is 0. The summed E-state index contributed by atoms with van der Waals surface area (Å²) in [4.78, 5) is 24.5. The molecule has 28 heavy (non-hydrogen) atoms. The first-order chi connectivity index (χ1) is 13.5. The number of carbonyl (C=O) groups is 2. The second-order valence-electron chi connectivity index (χ2n) is 7.17. The molecule has 0 aromatic heterocycles. The van der Waals surface area contributed by atoms with E-state index in [1.54, 1.807) is 18.2 Å². The molecule has 0 fully saturated rings. The number of benzene rings is 2. The van der Waals surface area contributed by atoms with Gasteiger partial charge in [-0.15, -0.1) is 0 Å².